The maximum Gasteiger partial charge on any atom is 0.265 e. The Bertz CT molecular complexity index is 1160. The molecule has 0 amide bonds. The Morgan fingerprint density at radius 1 is 0.735 bits per heavy atom. The summed E-state index contributed by atoms with van der Waals surface area (Å²) in [6.07, 6.45) is 20.5. The highest BCUT2D eigenvalue weighted by Gasteiger charge is 2.21. The van der Waals surface area contributed by atoms with Crippen LogP contribution in [0.1, 0.15) is 164 Å². The normalized spacial score (nSPS) is 13.8. The van der Waals surface area contributed by atoms with E-state index in [1.165, 1.54) is 107 Å². The van der Waals surface area contributed by atoms with E-state index < -0.39 is 0 Å². The second-order valence-electron chi connectivity index (χ2n) is 14.4. The van der Waals surface area contributed by atoms with Gasteiger partial charge in [0.25, 0.3) is 5.00 Å². The van der Waals surface area contributed by atoms with E-state index >= 15 is 0 Å². The molecule has 278 valence electrons. The Balaban J connectivity index is 2.41. The maximum absolute atomic E-state index is 7.81. The van der Waals surface area contributed by atoms with E-state index in [1.807, 2.05) is 0 Å². The first kappa shape index (κ1) is 42.7. The van der Waals surface area contributed by atoms with E-state index in [-0.39, 0.29) is 0 Å². The lowest BCUT2D eigenvalue weighted by molar-refractivity contribution is 0.234. The van der Waals surface area contributed by atoms with Crippen molar-refractivity contribution in [2.24, 2.45) is 23.7 Å². The van der Waals surface area contributed by atoms with Gasteiger partial charge in [0.05, 0.1) is 24.6 Å². The molecule has 0 radical (unpaired) electrons. The number of hydrogen-bond donors (Lipinski definition) is 2. The number of benzene rings is 1. The fraction of sp³-hybridized carbons (Fsp3) is 0.762. The lowest BCUT2D eigenvalue weighted by Gasteiger charge is -2.33. The van der Waals surface area contributed by atoms with Gasteiger partial charge in [-0.15, -0.1) is 11.3 Å². The predicted octanol–water partition coefficient (Wildman–Crippen LogP) is 13.7. The quantitative estimate of drug-likeness (QED) is 0.0655. The average molecular weight is 696 g/mol. The monoisotopic (exact) mass is 696 g/mol. The minimum Gasteiger partial charge on any atom is -0.491 e. The minimum atomic E-state index is 0.541. The lowest BCUT2D eigenvalue weighted by atomic mass is 9.94. The van der Waals surface area contributed by atoms with E-state index in [0.29, 0.717) is 28.7 Å². The minimum absolute atomic E-state index is 0.541. The van der Waals surface area contributed by atoms with Crippen LogP contribution < -0.4 is 20.5 Å². The zero-order valence-corrected chi connectivity index (χ0v) is 33.7. The third-order valence-electron chi connectivity index (χ3n) is 10.5. The Labute approximate surface area is 306 Å². The number of nitrogens with zero attached hydrogens (tertiary/aromatic N) is 3. The summed E-state index contributed by atoms with van der Waals surface area (Å²) >= 11 is 1.44. The first-order valence-electron chi connectivity index (χ1n) is 20.3. The zero-order valence-electron chi connectivity index (χ0n) is 32.8. The van der Waals surface area contributed by atoms with Crippen molar-refractivity contribution in [3.8, 4) is 5.75 Å². The molecule has 0 saturated carbocycles. The smallest absolute Gasteiger partial charge is 0.265 e. The predicted molar refractivity (Wildman–Crippen MR) is 217 cm³/mol. The van der Waals surface area contributed by atoms with Crippen LogP contribution in [0.3, 0.4) is 0 Å². The van der Waals surface area contributed by atoms with Crippen LogP contribution in [0, 0.1) is 30.2 Å². The molecule has 2 N–H and O–H groups in total. The first-order chi connectivity index (χ1) is 23.9. The van der Waals surface area contributed by atoms with Crippen LogP contribution in [-0.2, 0) is 6.42 Å². The highest BCUT2D eigenvalue weighted by atomic mass is 32.1. The molecule has 0 aliphatic carbocycles. The van der Waals surface area contributed by atoms with E-state index in [2.05, 4.69) is 94.2 Å². The average Bonchev–Trinajstić information content (AvgIpc) is 3.53. The van der Waals surface area contributed by atoms with Gasteiger partial charge in [-0.25, -0.2) is 9.83 Å². The summed E-state index contributed by atoms with van der Waals surface area (Å²) in [6.45, 7) is 29.1. The largest absolute Gasteiger partial charge is 0.491 e. The molecule has 49 heavy (non-hydrogen) atoms. The van der Waals surface area contributed by atoms with Gasteiger partial charge in [-0.3, -0.25) is 10.9 Å². The maximum atomic E-state index is 7.81. The first-order valence-corrected chi connectivity index (χ1v) is 21.1. The van der Waals surface area contributed by atoms with E-state index in [9.17, 15) is 0 Å². The zero-order chi connectivity index (χ0) is 35.9. The Hall–Kier alpha value is -2.46. The van der Waals surface area contributed by atoms with Crippen LogP contribution >= 0.6 is 11.3 Å². The van der Waals surface area contributed by atoms with Gasteiger partial charge in [-0.05, 0) is 61.5 Å². The van der Waals surface area contributed by atoms with Crippen molar-refractivity contribution < 1.29 is 4.74 Å². The molecule has 0 spiro atoms. The number of rotatable bonds is 29. The fourth-order valence-corrected chi connectivity index (χ4v) is 7.47. The second-order valence-corrected chi connectivity index (χ2v) is 15.4. The number of aromatic nitrogens is 1. The molecule has 2 rings (SSSR count). The summed E-state index contributed by atoms with van der Waals surface area (Å²) in [5, 5.41) is 1.44. The van der Waals surface area contributed by atoms with Gasteiger partial charge < -0.3 is 9.64 Å². The molecule has 7 heteroatoms. The molecule has 0 saturated heterocycles. The van der Waals surface area contributed by atoms with Crippen LogP contribution in [0.5, 0.6) is 5.75 Å². The van der Waals surface area contributed by atoms with Gasteiger partial charge in [0.1, 0.15) is 5.75 Å². The van der Waals surface area contributed by atoms with Gasteiger partial charge in [-0.1, -0.05) is 139 Å². The molecule has 1 heterocycles. The molecule has 0 fully saturated rings. The van der Waals surface area contributed by atoms with Crippen LogP contribution in [0.2, 0.25) is 0 Å². The number of unbranched alkanes of at least 4 members (excludes halogenated alkanes) is 4. The number of hydrazine groups is 1. The summed E-state index contributed by atoms with van der Waals surface area (Å²) < 4.78 is 6.72. The third kappa shape index (κ3) is 15.5. The van der Waals surface area contributed by atoms with Gasteiger partial charge >= 0.3 is 0 Å². The van der Waals surface area contributed by atoms with E-state index in [0.717, 1.165) is 61.2 Å². The van der Waals surface area contributed by atoms with Crippen molar-refractivity contribution in [1.29, 1.82) is 0 Å². The third-order valence-corrected chi connectivity index (χ3v) is 11.4. The molecule has 0 aliphatic rings. The van der Waals surface area contributed by atoms with E-state index in [1.54, 1.807) is 0 Å². The molecule has 2 aromatic rings. The summed E-state index contributed by atoms with van der Waals surface area (Å²) in [4.78, 5) is 11.4. The lowest BCUT2D eigenvalue weighted by Crippen LogP contribution is -2.34. The van der Waals surface area contributed by atoms with Gasteiger partial charge in [0, 0.05) is 24.8 Å². The van der Waals surface area contributed by atoms with Gasteiger partial charge in [0.15, 0.2) is 5.13 Å². The molecule has 6 nitrogen and oxygen atoms in total. The molecule has 1 aromatic heterocycles. The van der Waals surface area contributed by atoms with Crippen LogP contribution in [0.4, 0.5) is 21.5 Å². The molecule has 4 unspecified atom stereocenters. The fourth-order valence-electron chi connectivity index (χ4n) is 6.73. The number of thiazole rings is 1. The standard InChI is InChI=1S/C42H73N5OS/c1-10-18-22-33(14-5)28-39-41(43-9)49-42(44-39)46-45-38-27-26-37(29-40(38)48-32-36(17-8)25-21-13-4)47(30-34(15-6)23-19-11-2)31-35(16-7)24-20-12-3/h26-27,29,33-36,45H,10-25,28,30-32H2,1-8H3,(H,44,46). The highest BCUT2D eigenvalue weighted by Crippen LogP contribution is 2.36. The summed E-state index contributed by atoms with van der Waals surface area (Å²) in [6, 6.07) is 6.74. The van der Waals surface area contributed by atoms with Crippen LogP contribution in [0.15, 0.2) is 18.2 Å². The number of nitrogens with one attached hydrogen (secondary N) is 2. The van der Waals surface area contributed by atoms with Crippen molar-refractivity contribution in [3.63, 3.8) is 0 Å². The van der Waals surface area contributed by atoms with Crippen LogP contribution in [-0.4, -0.2) is 24.7 Å². The second kappa shape index (κ2) is 25.5. The van der Waals surface area contributed by atoms with Crippen molar-refractivity contribution in [1.82, 2.24) is 4.98 Å². The molecular weight excluding hydrogens is 623 g/mol. The molecule has 0 bridgehead atoms. The highest BCUT2D eigenvalue weighted by molar-refractivity contribution is 7.19. The Morgan fingerprint density at radius 3 is 1.78 bits per heavy atom. The number of hydrogen-bond acceptors (Lipinski definition) is 6. The molecular formula is C42H73N5OS. The van der Waals surface area contributed by atoms with Gasteiger partial charge in [-0.2, -0.15) is 0 Å². The summed E-state index contributed by atoms with van der Waals surface area (Å²) in [5.74, 6) is 3.38. The Morgan fingerprint density at radius 2 is 1.27 bits per heavy atom. The summed E-state index contributed by atoms with van der Waals surface area (Å²) in [5.41, 5.74) is 9.93. The Kier molecular flexibility index (Phi) is 22.2. The van der Waals surface area contributed by atoms with Crippen molar-refractivity contribution in [2.45, 2.75) is 165 Å². The molecule has 4 atom stereocenters. The van der Waals surface area contributed by atoms with Crippen LogP contribution in [0.25, 0.3) is 4.85 Å². The SMILES string of the molecule is [C-]#[N+]c1sc(NNc2ccc(N(CC(CC)CCCC)CC(CC)CCCC)cc2OCC(CC)CCCC)nc1CC(CC)CCCC. The number of ether oxygens (including phenoxy) is 1. The van der Waals surface area contributed by atoms with E-state index in [4.69, 9.17) is 16.3 Å². The molecule has 1 aromatic carbocycles. The van der Waals surface area contributed by atoms with Crippen molar-refractivity contribution in [3.05, 3.63) is 35.3 Å². The number of anilines is 3. The van der Waals surface area contributed by atoms with Crippen molar-refractivity contribution in [2.75, 3.05) is 35.4 Å². The molecule has 0 aliphatic heterocycles. The topological polar surface area (TPSA) is 53.8 Å². The van der Waals surface area contributed by atoms with Gasteiger partial charge in [0.2, 0.25) is 0 Å². The van der Waals surface area contributed by atoms with Crippen molar-refractivity contribution >= 4 is 32.8 Å². The summed E-state index contributed by atoms with van der Waals surface area (Å²) in [7, 11) is 0.